The van der Waals surface area contributed by atoms with Gasteiger partial charge in [0.05, 0.1) is 0 Å². The summed E-state index contributed by atoms with van der Waals surface area (Å²) >= 11 is 1.68. The third-order valence-corrected chi connectivity index (χ3v) is 4.26. The second kappa shape index (κ2) is 5.05. The van der Waals surface area contributed by atoms with E-state index < -0.39 is 0 Å². The first-order valence-corrected chi connectivity index (χ1v) is 6.66. The molecule has 0 spiro atoms. The minimum Gasteiger partial charge on any atom is -0.328 e. The minimum absolute atomic E-state index is 0.120. The highest BCUT2D eigenvalue weighted by Crippen LogP contribution is 2.31. The number of nitrogens with two attached hydrogens (primary N) is 1. The smallest absolute Gasteiger partial charge is 0.328 e. The standard InChI is InChI=1S/C10H18N4OS/c1-2-14-9(15)12-13-10(14)16-8-5-3-4-7(11)6-8/h7-8H,2-6,11H2,1H3,(H,12,15). The SMILES string of the molecule is CCn1c(SC2CCCC(N)C2)n[nH]c1=O. The van der Waals surface area contributed by atoms with Crippen LogP contribution in [0.1, 0.15) is 32.6 Å². The third kappa shape index (κ3) is 2.49. The predicted molar refractivity (Wildman–Crippen MR) is 64.6 cm³/mol. The molecular weight excluding hydrogens is 224 g/mol. The first-order valence-electron chi connectivity index (χ1n) is 5.78. The van der Waals surface area contributed by atoms with E-state index in [2.05, 4.69) is 10.2 Å². The van der Waals surface area contributed by atoms with Gasteiger partial charge in [-0.05, 0) is 26.2 Å². The van der Waals surface area contributed by atoms with Crippen molar-refractivity contribution in [2.75, 3.05) is 0 Å². The molecule has 1 aromatic rings. The quantitative estimate of drug-likeness (QED) is 0.827. The molecule has 0 saturated heterocycles. The Morgan fingerprint density at radius 1 is 1.62 bits per heavy atom. The van der Waals surface area contributed by atoms with Gasteiger partial charge in [-0.15, -0.1) is 5.10 Å². The van der Waals surface area contributed by atoms with E-state index in [1.165, 1.54) is 12.8 Å². The van der Waals surface area contributed by atoms with Gasteiger partial charge in [0.1, 0.15) is 0 Å². The number of hydrogen-bond acceptors (Lipinski definition) is 4. The van der Waals surface area contributed by atoms with E-state index in [0.29, 0.717) is 17.8 Å². The number of hydrogen-bond donors (Lipinski definition) is 2. The zero-order valence-corrected chi connectivity index (χ0v) is 10.3. The van der Waals surface area contributed by atoms with Crippen molar-refractivity contribution >= 4 is 11.8 Å². The molecule has 1 aliphatic carbocycles. The Labute approximate surface area is 98.8 Å². The van der Waals surface area contributed by atoms with E-state index in [4.69, 9.17) is 5.73 Å². The van der Waals surface area contributed by atoms with Crippen LogP contribution in [0.15, 0.2) is 9.95 Å². The lowest BCUT2D eigenvalue weighted by Gasteiger charge is -2.25. The number of thioether (sulfide) groups is 1. The van der Waals surface area contributed by atoms with Crippen LogP contribution in [0.2, 0.25) is 0 Å². The van der Waals surface area contributed by atoms with Crippen molar-refractivity contribution in [3.8, 4) is 0 Å². The van der Waals surface area contributed by atoms with Crippen LogP contribution in [-0.2, 0) is 6.54 Å². The maximum absolute atomic E-state index is 11.4. The number of aromatic amines is 1. The van der Waals surface area contributed by atoms with Crippen LogP contribution in [0.5, 0.6) is 0 Å². The molecule has 1 aromatic heterocycles. The average molecular weight is 242 g/mol. The summed E-state index contributed by atoms with van der Waals surface area (Å²) in [5.74, 6) is 0. The molecule has 16 heavy (non-hydrogen) atoms. The lowest BCUT2D eigenvalue weighted by Crippen LogP contribution is -2.29. The largest absolute Gasteiger partial charge is 0.343 e. The summed E-state index contributed by atoms with van der Waals surface area (Å²) in [6, 6.07) is 0.312. The van der Waals surface area contributed by atoms with Crippen LogP contribution >= 0.6 is 11.8 Å². The summed E-state index contributed by atoms with van der Waals surface area (Å²) in [5, 5.41) is 7.85. The van der Waals surface area contributed by atoms with Gasteiger partial charge < -0.3 is 5.73 Å². The zero-order valence-electron chi connectivity index (χ0n) is 9.48. The van der Waals surface area contributed by atoms with Crippen LogP contribution in [-0.4, -0.2) is 26.1 Å². The molecule has 0 aromatic carbocycles. The first-order chi connectivity index (χ1) is 7.70. The second-order valence-electron chi connectivity index (χ2n) is 4.22. The summed E-state index contributed by atoms with van der Waals surface area (Å²) in [6.45, 7) is 2.62. The van der Waals surface area contributed by atoms with Gasteiger partial charge in [-0.1, -0.05) is 18.2 Å². The molecule has 1 heterocycles. The summed E-state index contributed by atoms with van der Waals surface area (Å²) in [7, 11) is 0. The van der Waals surface area contributed by atoms with Gasteiger partial charge >= 0.3 is 5.69 Å². The maximum atomic E-state index is 11.4. The van der Waals surface area contributed by atoms with E-state index in [1.54, 1.807) is 16.3 Å². The molecule has 90 valence electrons. The Morgan fingerprint density at radius 2 is 2.44 bits per heavy atom. The zero-order chi connectivity index (χ0) is 11.5. The lowest BCUT2D eigenvalue weighted by atomic mass is 9.96. The van der Waals surface area contributed by atoms with Crippen LogP contribution in [0.4, 0.5) is 0 Å². The van der Waals surface area contributed by atoms with Crippen molar-refractivity contribution in [3.05, 3.63) is 10.5 Å². The summed E-state index contributed by atoms with van der Waals surface area (Å²) in [5.41, 5.74) is 5.82. The predicted octanol–water partition coefficient (Wildman–Crippen LogP) is 0.953. The molecule has 2 unspecified atom stereocenters. The fraction of sp³-hybridized carbons (Fsp3) is 0.800. The molecule has 6 heteroatoms. The molecule has 1 aliphatic rings. The topological polar surface area (TPSA) is 76.7 Å². The Hall–Kier alpha value is -0.750. The fourth-order valence-electron chi connectivity index (χ4n) is 2.11. The van der Waals surface area contributed by atoms with E-state index in [1.807, 2.05) is 6.92 Å². The average Bonchev–Trinajstić information content (AvgIpc) is 2.59. The van der Waals surface area contributed by atoms with Crippen LogP contribution in [0.25, 0.3) is 0 Å². The molecule has 2 atom stereocenters. The van der Waals surface area contributed by atoms with Crippen molar-refractivity contribution in [1.82, 2.24) is 14.8 Å². The van der Waals surface area contributed by atoms with Crippen molar-refractivity contribution in [2.24, 2.45) is 5.73 Å². The second-order valence-corrected chi connectivity index (χ2v) is 5.49. The highest BCUT2D eigenvalue weighted by atomic mass is 32.2. The first kappa shape index (κ1) is 11.7. The molecular formula is C10H18N4OS. The van der Waals surface area contributed by atoms with Gasteiger partial charge in [0.25, 0.3) is 0 Å². The van der Waals surface area contributed by atoms with Gasteiger partial charge in [0, 0.05) is 17.8 Å². The Kier molecular flexibility index (Phi) is 3.70. The number of nitrogens with zero attached hydrogens (tertiary/aromatic N) is 2. The Morgan fingerprint density at radius 3 is 3.12 bits per heavy atom. The van der Waals surface area contributed by atoms with Gasteiger partial charge in [-0.3, -0.25) is 4.57 Å². The molecule has 3 N–H and O–H groups in total. The number of rotatable bonds is 3. The summed E-state index contributed by atoms with van der Waals surface area (Å²) in [4.78, 5) is 11.4. The fourth-order valence-corrected chi connectivity index (χ4v) is 3.47. The Balaban J connectivity index is 2.05. The van der Waals surface area contributed by atoms with Crippen molar-refractivity contribution in [3.63, 3.8) is 0 Å². The molecule has 5 nitrogen and oxygen atoms in total. The highest BCUT2D eigenvalue weighted by Gasteiger charge is 2.22. The van der Waals surface area contributed by atoms with Crippen molar-refractivity contribution in [2.45, 2.75) is 55.6 Å². The van der Waals surface area contributed by atoms with E-state index in [-0.39, 0.29) is 5.69 Å². The van der Waals surface area contributed by atoms with Gasteiger partial charge in [0.15, 0.2) is 5.16 Å². The van der Waals surface area contributed by atoms with E-state index in [9.17, 15) is 4.79 Å². The van der Waals surface area contributed by atoms with Gasteiger partial charge in [0.2, 0.25) is 0 Å². The molecule has 1 fully saturated rings. The van der Waals surface area contributed by atoms with Crippen molar-refractivity contribution < 1.29 is 0 Å². The number of H-pyrrole nitrogens is 1. The molecule has 0 aliphatic heterocycles. The Bertz CT molecular complexity index is 400. The molecule has 0 bridgehead atoms. The van der Waals surface area contributed by atoms with Crippen LogP contribution < -0.4 is 11.4 Å². The number of nitrogens with one attached hydrogen (secondary N) is 1. The molecule has 0 radical (unpaired) electrons. The summed E-state index contributed by atoms with van der Waals surface area (Å²) in [6.07, 6.45) is 4.50. The van der Waals surface area contributed by atoms with Crippen LogP contribution in [0.3, 0.4) is 0 Å². The maximum Gasteiger partial charge on any atom is 0.343 e. The molecule has 2 rings (SSSR count). The normalized spacial score (nSPS) is 25.9. The van der Waals surface area contributed by atoms with Gasteiger partial charge in [-0.25, -0.2) is 9.89 Å². The summed E-state index contributed by atoms with van der Waals surface area (Å²) < 4.78 is 1.67. The van der Waals surface area contributed by atoms with Crippen molar-refractivity contribution in [1.29, 1.82) is 0 Å². The van der Waals surface area contributed by atoms with E-state index >= 15 is 0 Å². The lowest BCUT2D eigenvalue weighted by molar-refractivity contribution is 0.450. The van der Waals surface area contributed by atoms with Gasteiger partial charge in [-0.2, -0.15) is 0 Å². The van der Waals surface area contributed by atoms with E-state index in [0.717, 1.165) is 18.0 Å². The minimum atomic E-state index is -0.120. The third-order valence-electron chi connectivity index (χ3n) is 2.98. The molecule has 1 saturated carbocycles. The highest BCUT2D eigenvalue weighted by molar-refractivity contribution is 7.99. The molecule has 0 amide bonds. The monoisotopic (exact) mass is 242 g/mol. The number of aromatic nitrogens is 3. The van der Waals surface area contributed by atoms with Crippen LogP contribution in [0, 0.1) is 0 Å².